The summed E-state index contributed by atoms with van der Waals surface area (Å²) in [6.07, 6.45) is -3.85. The number of halogens is 1. The minimum absolute atomic E-state index is 0.493. The average molecular weight is 407 g/mol. The van der Waals surface area contributed by atoms with Gasteiger partial charge in [-0.25, -0.2) is 0 Å². The van der Waals surface area contributed by atoms with E-state index in [0.717, 1.165) is 17.5 Å². The van der Waals surface area contributed by atoms with Crippen molar-refractivity contribution < 1.29 is 25.5 Å². The third-order valence-electron chi connectivity index (χ3n) is 5.80. The number of hydrogen-bond donors (Lipinski definition) is 5. The van der Waals surface area contributed by atoms with Crippen LogP contribution >= 0.6 is 11.6 Å². The van der Waals surface area contributed by atoms with Crippen molar-refractivity contribution in [2.45, 2.75) is 50.1 Å². The van der Waals surface area contributed by atoms with Crippen LogP contribution in [0.15, 0.2) is 42.5 Å². The summed E-state index contributed by atoms with van der Waals surface area (Å²) in [5.74, 6) is -1.78. The largest absolute Gasteiger partial charge is 0.396 e. The predicted molar refractivity (Wildman–Crippen MR) is 107 cm³/mol. The summed E-state index contributed by atoms with van der Waals surface area (Å²) < 4.78 is 0. The normalized spacial score (nSPS) is 30.4. The Labute approximate surface area is 169 Å². The molecule has 1 saturated carbocycles. The molecule has 0 aliphatic heterocycles. The molecule has 0 radical (unpaired) electrons. The first-order valence-corrected chi connectivity index (χ1v) is 9.94. The quantitative estimate of drug-likeness (QED) is 0.519. The molecule has 0 spiro atoms. The lowest BCUT2D eigenvalue weighted by Crippen LogP contribution is -2.58. The van der Waals surface area contributed by atoms with Crippen LogP contribution in [0.5, 0.6) is 0 Å². The second-order valence-electron chi connectivity index (χ2n) is 7.53. The van der Waals surface area contributed by atoms with Gasteiger partial charge in [-0.2, -0.15) is 0 Å². The molecule has 0 amide bonds. The number of benzene rings is 2. The molecular weight excluding hydrogens is 380 g/mol. The number of rotatable bonds is 5. The molecule has 28 heavy (non-hydrogen) atoms. The lowest BCUT2D eigenvalue weighted by Gasteiger charge is -2.43. The van der Waals surface area contributed by atoms with Crippen LogP contribution in [-0.2, 0) is 12.8 Å². The van der Waals surface area contributed by atoms with E-state index in [-0.39, 0.29) is 0 Å². The number of aliphatic hydroxyl groups is 5. The summed E-state index contributed by atoms with van der Waals surface area (Å²) in [7, 11) is 0. The van der Waals surface area contributed by atoms with Crippen LogP contribution in [-0.4, -0.2) is 56.6 Å². The Morgan fingerprint density at radius 3 is 2.07 bits per heavy atom. The molecule has 1 unspecified atom stereocenters. The third kappa shape index (κ3) is 4.10. The highest BCUT2D eigenvalue weighted by atomic mass is 35.5. The van der Waals surface area contributed by atoms with Crippen molar-refractivity contribution in [3.05, 3.63) is 69.7 Å². The molecule has 0 aromatic heterocycles. The van der Waals surface area contributed by atoms with Gasteiger partial charge in [-0.05, 0) is 41.2 Å². The second kappa shape index (κ2) is 8.91. The first-order chi connectivity index (χ1) is 13.4. The molecule has 5 N–H and O–H groups in total. The minimum atomic E-state index is -1.45. The molecule has 0 bridgehead atoms. The van der Waals surface area contributed by atoms with E-state index in [1.165, 1.54) is 5.56 Å². The van der Waals surface area contributed by atoms with Crippen molar-refractivity contribution in [2.75, 3.05) is 6.61 Å². The molecule has 2 aromatic carbocycles. The van der Waals surface area contributed by atoms with Crippen LogP contribution in [0.4, 0.5) is 0 Å². The van der Waals surface area contributed by atoms with Gasteiger partial charge >= 0.3 is 0 Å². The van der Waals surface area contributed by atoms with Gasteiger partial charge in [0, 0.05) is 16.9 Å². The van der Waals surface area contributed by atoms with Gasteiger partial charge in [0.05, 0.1) is 24.9 Å². The van der Waals surface area contributed by atoms with Crippen molar-refractivity contribution in [1.82, 2.24) is 0 Å². The van der Waals surface area contributed by atoms with Crippen molar-refractivity contribution in [1.29, 1.82) is 0 Å². The maximum absolute atomic E-state index is 10.6. The fourth-order valence-corrected chi connectivity index (χ4v) is 4.18. The van der Waals surface area contributed by atoms with Gasteiger partial charge in [0.25, 0.3) is 0 Å². The molecular formula is C22H27ClO5. The zero-order valence-electron chi connectivity index (χ0n) is 15.7. The highest BCUT2D eigenvalue weighted by Gasteiger charge is 2.48. The van der Waals surface area contributed by atoms with E-state index in [1.54, 1.807) is 12.1 Å². The van der Waals surface area contributed by atoms with E-state index < -0.39 is 42.9 Å². The smallest absolute Gasteiger partial charge is 0.107 e. The Bertz CT molecular complexity index is 794. The maximum atomic E-state index is 10.6. The molecule has 5 nitrogen and oxygen atoms in total. The Hall–Kier alpha value is -1.47. The van der Waals surface area contributed by atoms with Crippen LogP contribution in [0.3, 0.4) is 0 Å². The average Bonchev–Trinajstić information content (AvgIpc) is 2.70. The lowest BCUT2D eigenvalue weighted by atomic mass is 9.70. The van der Waals surface area contributed by atoms with E-state index in [2.05, 4.69) is 19.1 Å². The van der Waals surface area contributed by atoms with Gasteiger partial charge in [0.15, 0.2) is 0 Å². The molecule has 0 heterocycles. The van der Waals surface area contributed by atoms with E-state index in [0.29, 0.717) is 17.0 Å². The van der Waals surface area contributed by atoms with Crippen LogP contribution in [0.2, 0.25) is 5.02 Å². The highest BCUT2D eigenvalue weighted by molar-refractivity contribution is 6.31. The van der Waals surface area contributed by atoms with E-state index in [4.69, 9.17) is 11.6 Å². The Balaban J connectivity index is 1.90. The molecule has 6 heteroatoms. The van der Waals surface area contributed by atoms with Crippen molar-refractivity contribution >= 4 is 11.6 Å². The summed E-state index contributed by atoms with van der Waals surface area (Å²) in [6.45, 7) is 1.61. The van der Waals surface area contributed by atoms with Gasteiger partial charge in [-0.15, -0.1) is 0 Å². The molecule has 2 aromatic rings. The first-order valence-electron chi connectivity index (χ1n) is 9.56. The first kappa shape index (κ1) is 21.2. The van der Waals surface area contributed by atoms with Crippen LogP contribution < -0.4 is 0 Å². The van der Waals surface area contributed by atoms with Gasteiger partial charge < -0.3 is 25.5 Å². The molecule has 0 saturated heterocycles. The SMILES string of the molecule is CCc1ccc(Cc2cc([C@H]3[C@H](O)[C@@H](O)[C@H](O)C(CO)[C@@H]3O)ccc2Cl)cc1. The Kier molecular flexibility index (Phi) is 6.76. The van der Waals surface area contributed by atoms with Crippen LogP contribution in [0.25, 0.3) is 0 Å². The monoisotopic (exact) mass is 406 g/mol. The summed E-state index contributed by atoms with van der Waals surface area (Å²) >= 11 is 6.37. The van der Waals surface area contributed by atoms with Crippen molar-refractivity contribution in [3.63, 3.8) is 0 Å². The zero-order valence-corrected chi connectivity index (χ0v) is 16.5. The lowest BCUT2D eigenvalue weighted by molar-refractivity contribution is -0.169. The second-order valence-corrected chi connectivity index (χ2v) is 7.94. The topological polar surface area (TPSA) is 101 Å². The zero-order chi connectivity index (χ0) is 20.4. The molecule has 1 aliphatic rings. The molecule has 6 atom stereocenters. The third-order valence-corrected chi connectivity index (χ3v) is 6.17. The van der Waals surface area contributed by atoms with Gasteiger partial charge in [-0.3, -0.25) is 0 Å². The van der Waals surface area contributed by atoms with Crippen LogP contribution in [0.1, 0.15) is 35.1 Å². The summed E-state index contributed by atoms with van der Waals surface area (Å²) in [5.41, 5.74) is 3.78. The summed E-state index contributed by atoms with van der Waals surface area (Å²) in [5, 5.41) is 51.4. The Morgan fingerprint density at radius 1 is 0.821 bits per heavy atom. The van der Waals surface area contributed by atoms with Crippen LogP contribution in [0, 0.1) is 5.92 Å². The van der Waals surface area contributed by atoms with Crippen molar-refractivity contribution in [2.24, 2.45) is 5.92 Å². The van der Waals surface area contributed by atoms with E-state index >= 15 is 0 Å². The van der Waals surface area contributed by atoms with Gasteiger partial charge in [0.1, 0.15) is 6.10 Å². The van der Waals surface area contributed by atoms with Gasteiger partial charge in [0.2, 0.25) is 0 Å². The molecule has 152 valence electrons. The summed E-state index contributed by atoms with van der Waals surface area (Å²) in [4.78, 5) is 0. The maximum Gasteiger partial charge on any atom is 0.107 e. The standard InChI is InChI=1S/C22H27ClO5/c1-2-12-3-5-13(6-4-12)9-15-10-14(7-8-17(15)23)18-19(25)16(11-24)20(26)22(28)21(18)27/h3-8,10,16,18-22,24-28H,2,9,11H2,1H3/t16?,18-,19+,20-,21+,22+/m1/s1. The fraction of sp³-hybridized carbons (Fsp3) is 0.455. The van der Waals surface area contributed by atoms with E-state index in [1.807, 2.05) is 18.2 Å². The predicted octanol–water partition coefficient (Wildman–Crippen LogP) is 1.64. The minimum Gasteiger partial charge on any atom is -0.396 e. The fourth-order valence-electron chi connectivity index (χ4n) is 4.00. The van der Waals surface area contributed by atoms with Crippen molar-refractivity contribution in [3.8, 4) is 0 Å². The summed E-state index contributed by atoms with van der Waals surface area (Å²) in [6, 6.07) is 13.5. The van der Waals surface area contributed by atoms with Gasteiger partial charge in [-0.1, -0.05) is 54.9 Å². The molecule has 1 fully saturated rings. The number of hydrogen-bond acceptors (Lipinski definition) is 5. The molecule has 1 aliphatic carbocycles. The number of aliphatic hydroxyl groups excluding tert-OH is 5. The molecule has 3 rings (SSSR count). The number of aryl methyl sites for hydroxylation is 1. The van der Waals surface area contributed by atoms with E-state index in [9.17, 15) is 25.5 Å². The highest BCUT2D eigenvalue weighted by Crippen LogP contribution is 2.38. The Morgan fingerprint density at radius 2 is 1.46 bits per heavy atom.